The molecule has 0 aliphatic heterocycles. The molecule has 1 aromatic heterocycles. The second-order valence-corrected chi connectivity index (χ2v) is 10.3. The number of carbonyl (C=O) groups excluding carboxylic acids is 1. The first-order chi connectivity index (χ1) is 15.8. The van der Waals surface area contributed by atoms with Gasteiger partial charge in [0.15, 0.2) is 26.5 Å². The summed E-state index contributed by atoms with van der Waals surface area (Å²) in [6, 6.07) is 19.5. The normalized spacial score (nSPS) is 11.4. The summed E-state index contributed by atoms with van der Waals surface area (Å²) in [7, 11) is -0.361. The van der Waals surface area contributed by atoms with E-state index in [0.717, 1.165) is 11.8 Å². The summed E-state index contributed by atoms with van der Waals surface area (Å²) in [6.07, 6.45) is 1.16. The summed E-state index contributed by atoms with van der Waals surface area (Å²) in [5.74, 6) is 0.477. The lowest BCUT2D eigenvalue weighted by atomic mass is 10.1. The fraction of sp³-hybridized carbons (Fsp3) is 0.167. The Morgan fingerprint density at radius 2 is 1.76 bits per heavy atom. The average Bonchev–Trinajstić information content (AvgIpc) is 3.24. The summed E-state index contributed by atoms with van der Waals surface area (Å²) < 4.78 is 35.5. The van der Waals surface area contributed by atoms with Crippen LogP contribution in [0.3, 0.4) is 0 Å². The lowest BCUT2D eigenvalue weighted by Crippen LogP contribution is -2.30. The van der Waals surface area contributed by atoms with Crippen molar-refractivity contribution in [2.45, 2.75) is 11.4 Å². The van der Waals surface area contributed by atoms with Crippen molar-refractivity contribution in [3.63, 3.8) is 0 Å². The first-order valence-electron chi connectivity index (χ1n) is 9.99. The first kappa shape index (κ1) is 22.8. The van der Waals surface area contributed by atoms with Crippen LogP contribution in [0.2, 0.25) is 0 Å². The molecule has 0 N–H and O–H groups in total. The molecule has 4 aromatic rings. The molecule has 0 fully saturated rings. The molecule has 3 aromatic carbocycles. The van der Waals surface area contributed by atoms with Gasteiger partial charge in [0.25, 0.3) is 5.91 Å². The number of nitrogens with zero attached hydrogens (tertiary/aromatic N) is 2. The number of para-hydroxylation sites is 1. The van der Waals surface area contributed by atoms with Gasteiger partial charge < -0.3 is 9.47 Å². The van der Waals surface area contributed by atoms with Gasteiger partial charge in [0.05, 0.1) is 41.4 Å². The molecule has 9 heteroatoms. The molecule has 4 rings (SSSR count). The number of benzene rings is 3. The van der Waals surface area contributed by atoms with Crippen LogP contribution in [0.1, 0.15) is 15.9 Å². The molecule has 33 heavy (non-hydrogen) atoms. The Morgan fingerprint density at radius 3 is 2.42 bits per heavy atom. The van der Waals surface area contributed by atoms with Crippen LogP contribution in [0.5, 0.6) is 11.5 Å². The Balaban J connectivity index is 1.83. The summed E-state index contributed by atoms with van der Waals surface area (Å²) in [6.45, 7) is 0.277. The number of rotatable bonds is 7. The second kappa shape index (κ2) is 9.21. The van der Waals surface area contributed by atoms with E-state index in [-0.39, 0.29) is 17.3 Å². The van der Waals surface area contributed by atoms with Gasteiger partial charge in [-0.1, -0.05) is 47.7 Å². The fourth-order valence-corrected chi connectivity index (χ4v) is 5.16. The second-order valence-electron chi connectivity index (χ2n) is 7.32. The van der Waals surface area contributed by atoms with Gasteiger partial charge in [0, 0.05) is 6.26 Å². The topological polar surface area (TPSA) is 85.8 Å². The molecule has 170 valence electrons. The third kappa shape index (κ3) is 4.69. The van der Waals surface area contributed by atoms with Crippen molar-refractivity contribution >= 4 is 42.4 Å². The van der Waals surface area contributed by atoms with E-state index >= 15 is 0 Å². The van der Waals surface area contributed by atoms with Crippen LogP contribution in [-0.4, -0.2) is 39.8 Å². The van der Waals surface area contributed by atoms with Gasteiger partial charge >= 0.3 is 0 Å². The van der Waals surface area contributed by atoms with Crippen LogP contribution in [-0.2, 0) is 16.4 Å². The van der Waals surface area contributed by atoms with E-state index in [1.54, 1.807) is 35.2 Å². The number of hydrogen-bond acceptors (Lipinski definition) is 7. The SMILES string of the molecule is COc1cccc(C(=O)N(Cc2ccccc2)c2nc3ccc(S(C)(=O)=O)cc3s2)c1OC. The number of sulfone groups is 1. The summed E-state index contributed by atoms with van der Waals surface area (Å²) >= 11 is 1.26. The summed E-state index contributed by atoms with van der Waals surface area (Å²) in [5, 5.41) is 0.453. The van der Waals surface area contributed by atoms with Crippen LogP contribution < -0.4 is 14.4 Å². The number of amides is 1. The maximum Gasteiger partial charge on any atom is 0.264 e. The van der Waals surface area contributed by atoms with E-state index in [4.69, 9.17) is 9.47 Å². The number of carbonyl (C=O) groups is 1. The van der Waals surface area contributed by atoms with Crippen molar-refractivity contribution < 1.29 is 22.7 Å². The molecule has 1 heterocycles. The van der Waals surface area contributed by atoms with E-state index in [0.29, 0.717) is 32.4 Å². The van der Waals surface area contributed by atoms with Gasteiger partial charge in [-0.2, -0.15) is 0 Å². The minimum Gasteiger partial charge on any atom is -0.493 e. The predicted molar refractivity (Wildman–Crippen MR) is 129 cm³/mol. The van der Waals surface area contributed by atoms with E-state index < -0.39 is 9.84 Å². The lowest BCUT2D eigenvalue weighted by Gasteiger charge is -2.22. The molecule has 0 spiro atoms. The van der Waals surface area contributed by atoms with E-state index in [9.17, 15) is 13.2 Å². The van der Waals surface area contributed by atoms with Gasteiger partial charge in [-0.05, 0) is 35.9 Å². The molecule has 0 radical (unpaired) electrons. The first-order valence-corrected chi connectivity index (χ1v) is 12.7. The number of methoxy groups -OCH3 is 2. The average molecular weight is 483 g/mol. The highest BCUT2D eigenvalue weighted by atomic mass is 32.2. The lowest BCUT2D eigenvalue weighted by molar-refractivity contribution is 0.0981. The molecule has 1 amide bonds. The Kier molecular flexibility index (Phi) is 6.35. The van der Waals surface area contributed by atoms with Gasteiger partial charge in [0.2, 0.25) is 0 Å². The number of hydrogen-bond donors (Lipinski definition) is 0. The molecule has 0 aliphatic carbocycles. The van der Waals surface area contributed by atoms with Gasteiger partial charge in [-0.15, -0.1) is 0 Å². The van der Waals surface area contributed by atoms with Gasteiger partial charge in [0.1, 0.15) is 0 Å². The Bertz CT molecular complexity index is 1420. The summed E-state index contributed by atoms with van der Waals surface area (Å²) in [5.41, 5.74) is 1.87. The van der Waals surface area contributed by atoms with Crippen LogP contribution in [0, 0.1) is 0 Å². The Morgan fingerprint density at radius 1 is 1.00 bits per heavy atom. The van der Waals surface area contributed by atoms with Crippen molar-refractivity contribution in [3.05, 3.63) is 77.9 Å². The zero-order valence-electron chi connectivity index (χ0n) is 18.3. The van der Waals surface area contributed by atoms with Crippen LogP contribution >= 0.6 is 11.3 Å². The zero-order valence-corrected chi connectivity index (χ0v) is 19.9. The quantitative estimate of drug-likeness (QED) is 0.384. The van der Waals surface area contributed by atoms with E-state index in [1.807, 2.05) is 30.3 Å². The van der Waals surface area contributed by atoms with Crippen molar-refractivity contribution in [1.82, 2.24) is 4.98 Å². The minimum absolute atomic E-state index is 0.209. The van der Waals surface area contributed by atoms with Crippen molar-refractivity contribution in [2.24, 2.45) is 0 Å². The Hall–Kier alpha value is -3.43. The van der Waals surface area contributed by atoms with E-state index in [2.05, 4.69) is 4.98 Å². The monoisotopic (exact) mass is 482 g/mol. The fourth-order valence-electron chi connectivity index (χ4n) is 3.43. The highest BCUT2D eigenvalue weighted by Crippen LogP contribution is 2.36. The molecule has 0 unspecified atom stereocenters. The molecule has 0 atom stereocenters. The highest BCUT2D eigenvalue weighted by Gasteiger charge is 2.26. The van der Waals surface area contributed by atoms with Gasteiger partial charge in [-0.25, -0.2) is 13.4 Å². The summed E-state index contributed by atoms with van der Waals surface area (Å²) in [4.78, 5) is 20.2. The molecule has 0 aliphatic rings. The van der Waals surface area contributed by atoms with Crippen molar-refractivity contribution in [3.8, 4) is 11.5 Å². The van der Waals surface area contributed by atoms with Gasteiger partial charge in [-0.3, -0.25) is 9.69 Å². The van der Waals surface area contributed by atoms with Crippen molar-refractivity contribution in [2.75, 3.05) is 25.4 Å². The third-order valence-corrected chi connectivity index (χ3v) is 7.22. The molecular formula is C24H22N2O5S2. The van der Waals surface area contributed by atoms with E-state index in [1.165, 1.54) is 31.6 Å². The van der Waals surface area contributed by atoms with Crippen LogP contribution in [0.4, 0.5) is 5.13 Å². The predicted octanol–water partition coefficient (Wildman–Crippen LogP) is 4.56. The molecule has 0 saturated carbocycles. The number of aromatic nitrogens is 1. The standard InChI is InChI=1S/C24H22N2O5S2/c1-30-20-11-7-10-18(22(20)31-2)23(27)26(15-16-8-5-4-6-9-16)24-25-19-13-12-17(33(3,28)29)14-21(19)32-24/h4-14H,15H2,1-3H3. The number of anilines is 1. The minimum atomic E-state index is -3.36. The maximum atomic E-state index is 13.8. The third-order valence-electron chi connectivity index (χ3n) is 5.07. The number of thiazole rings is 1. The smallest absolute Gasteiger partial charge is 0.264 e. The van der Waals surface area contributed by atoms with Crippen molar-refractivity contribution in [1.29, 1.82) is 0 Å². The van der Waals surface area contributed by atoms with Crippen LogP contribution in [0.25, 0.3) is 10.2 Å². The number of ether oxygens (including phenoxy) is 2. The molecule has 7 nitrogen and oxygen atoms in total. The largest absolute Gasteiger partial charge is 0.493 e. The zero-order chi connectivity index (χ0) is 23.6. The maximum absolute atomic E-state index is 13.8. The number of fused-ring (bicyclic) bond motifs is 1. The highest BCUT2D eigenvalue weighted by molar-refractivity contribution is 7.90. The Labute approximate surface area is 196 Å². The molecular weight excluding hydrogens is 460 g/mol. The molecule has 0 bridgehead atoms. The van der Waals surface area contributed by atoms with Crippen LogP contribution in [0.15, 0.2) is 71.6 Å². The molecule has 0 saturated heterocycles.